The number of nitrogens with one attached hydrogen (secondary N) is 1. The molecule has 3 aliphatic heterocycles. The summed E-state index contributed by atoms with van der Waals surface area (Å²) < 4.78 is 5.07. The van der Waals surface area contributed by atoms with Crippen LogP contribution in [0, 0.1) is 0 Å². The number of hydrogen-bond donors (Lipinski definition) is 1. The van der Waals surface area contributed by atoms with Gasteiger partial charge in [0, 0.05) is 32.2 Å². The van der Waals surface area contributed by atoms with Gasteiger partial charge in [-0.2, -0.15) is 0 Å². The van der Waals surface area contributed by atoms with Crippen LogP contribution in [0.15, 0.2) is 35.2 Å². The van der Waals surface area contributed by atoms with E-state index in [1.54, 1.807) is 24.5 Å². The third-order valence-corrected chi connectivity index (χ3v) is 4.55. The molecule has 0 spiro atoms. The third kappa shape index (κ3) is 2.92. The summed E-state index contributed by atoms with van der Waals surface area (Å²) in [5.74, 6) is 0.718. The van der Waals surface area contributed by atoms with Crippen LogP contribution in [0.1, 0.15) is 23.4 Å². The number of aromatic nitrogens is 2. The van der Waals surface area contributed by atoms with Crippen LogP contribution in [0.3, 0.4) is 0 Å². The Kier molecular flexibility index (Phi) is 3.70. The maximum Gasteiger partial charge on any atom is 0.291 e. The van der Waals surface area contributed by atoms with Gasteiger partial charge < -0.3 is 19.5 Å². The molecule has 3 aliphatic rings. The van der Waals surface area contributed by atoms with Crippen molar-refractivity contribution < 1.29 is 9.21 Å². The number of rotatable bonds is 3. The fourth-order valence-electron chi connectivity index (χ4n) is 3.28. The molecule has 3 saturated heterocycles. The summed E-state index contributed by atoms with van der Waals surface area (Å²) in [6.45, 7) is 4.36. The first kappa shape index (κ1) is 14.2. The Balaban J connectivity index is 1.46. The van der Waals surface area contributed by atoms with Gasteiger partial charge in [0.25, 0.3) is 5.91 Å². The molecule has 5 rings (SSSR count). The number of carbonyl (C=O) groups is 1. The van der Waals surface area contributed by atoms with Gasteiger partial charge in [0.1, 0.15) is 0 Å². The van der Waals surface area contributed by atoms with Crippen LogP contribution in [0.4, 0.5) is 11.6 Å². The molecule has 1 N–H and O–H groups in total. The number of amides is 1. The summed E-state index contributed by atoms with van der Waals surface area (Å²) in [5, 5.41) is 2.74. The van der Waals surface area contributed by atoms with Crippen molar-refractivity contribution in [2.24, 2.45) is 0 Å². The Bertz CT molecular complexity index is 662. The number of nitrogens with zero attached hydrogens (tertiary/aromatic N) is 4. The monoisotopic (exact) mass is 313 g/mol. The second kappa shape index (κ2) is 6.00. The maximum atomic E-state index is 11.9. The molecule has 1 amide bonds. The molecule has 7 nitrogen and oxygen atoms in total. The molecule has 0 radical (unpaired) electrons. The van der Waals surface area contributed by atoms with E-state index in [1.807, 2.05) is 0 Å². The molecule has 0 aromatic carbocycles. The number of piperidine rings is 1. The van der Waals surface area contributed by atoms with Crippen molar-refractivity contribution in [1.29, 1.82) is 0 Å². The van der Waals surface area contributed by atoms with Crippen LogP contribution in [-0.4, -0.2) is 53.0 Å². The average molecular weight is 313 g/mol. The molecule has 0 saturated carbocycles. The normalized spacial score (nSPS) is 23.6. The summed E-state index contributed by atoms with van der Waals surface area (Å²) in [6, 6.07) is 3.82. The van der Waals surface area contributed by atoms with Crippen molar-refractivity contribution in [2.75, 3.05) is 36.4 Å². The molecule has 3 fully saturated rings. The molecule has 7 heteroatoms. The summed E-state index contributed by atoms with van der Waals surface area (Å²) in [5.41, 5.74) is 0.568. The predicted molar refractivity (Wildman–Crippen MR) is 85.5 cm³/mol. The highest BCUT2D eigenvalue weighted by molar-refractivity contribution is 6.02. The smallest absolute Gasteiger partial charge is 0.291 e. The number of carbonyl (C=O) groups excluding carboxylic acids is 1. The molecule has 5 heterocycles. The Morgan fingerprint density at radius 1 is 1.17 bits per heavy atom. The topological polar surface area (TPSA) is 74.5 Å². The van der Waals surface area contributed by atoms with E-state index in [0.29, 0.717) is 11.7 Å². The van der Waals surface area contributed by atoms with Crippen LogP contribution in [0.2, 0.25) is 0 Å². The molecule has 2 aromatic rings. The molecular weight excluding hydrogens is 294 g/mol. The van der Waals surface area contributed by atoms with E-state index < -0.39 is 0 Å². The number of furan rings is 1. The Morgan fingerprint density at radius 3 is 2.65 bits per heavy atom. The summed E-state index contributed by atoms with van der Waals surface area (Å²) in [6.07, 6.45) is 7.11. The molecule has 0 unspecified atom stereocenters. The predicted octanol–water partition coefficient (Wildman–Crippen LogP) is 1.61. The Labute approximate surface area is 134 Å². The van der Waals surface area contributed by atoms with Gasteiger partial charge in [-0.25, -0.2) is 9.97 Å². The van der Waals surface area contributed by atoms with Crippen molar-refractivity contribution >= 4 is 17.5 Å². The zero-order valence-electron chi connectivity index (χ0n) is 12.8. The van der Waals surface area contributed by atoms with Gasteiger partial charge in [-0.15, -0.1) is 0 Å². The second-order valence-electron chi connectivity index (χ2n) is 5.97. The number of fused-ring (bicyclic) bond motifs is 4. The van der Waals surface area contributed by atoms with Crippen LogP contribution in [0.5, 0.6) is 0 Å². The quantitative estimate of drug-likeness (QED) is 0.928. The molecule has 23 heavy (non-hydrogen) atoms. The first-order valence-electron chi connectivity index (χ1n) is 7.95. The highest BCUT2D eigenvalue weighted by Gasteiger charge is 2.30. The molecule has 0 aliphatic carbocycles. The van der Waals surface area contributed by atoms with Crippen LogP contribution in [0.25, 0.3) is 0 Å². The molecule has 120 valence electrons. The van der Waals surface area contributed by atoms with E-state index in [0.717, 1.165) is 19.0 Å². The van der Waals surface area contributed by atoms with Crippen LogP contribution < -0.4 is 10.2 Å². The lowest BCUT2D eigenvalue weighted by Gasteiger charge is -2.31. The average Bonchev–Trinajstić information content (AvgIpc) is 2.97. The molecule has 0 atom stereocenters. The van der Waals surface area contributed by atoms with E-state index in [1.165, 1.54) is 32.2 Å². The minimum atomic E-state index is -0.299. The lowest BCUT2D eigenvalue weighted by Crippen LogP contribution is -2.38. The summed E-state index contributed by atoms with van der Waals surface area (Å²) in [7, 11) is 0. The zero-order valence-corrected chi connectivity index (χ0v) is 12.8. The lowest BCUT2D eigenvalue weighted by molar-refractivity contribution is 0.0996. The van der Waals surface area contributed by atoms with Crippen LogP contribution in [-0.2, 0) is 0 Å². The molecule has 2 aromatic heterocycles. The second-order valence-corrected chi connectivity index (χ2v) is 5.97. The van der Waals surface area contributed by atoms with Crippen molar-refractivity contribution in [3.63, 3.8) is 0 Å². The summed E-state index contributed by atoms with van der Waals surface area (Å²) in [4.78, 5) is 25.6. The first-order valence-corrected chi connectivity index (χ1v) is 7.95. The van der Waals surface area contributed by atoms with Crippen LogP contribution >= 0.6 is 0 Å². The van der Waals surface area contributed by atoms with Gasteiger partial charge in [0.05, 0.1) is 24.3 Å². The van der Waals surface area contributed by atoms with Gasteiger partial charge in [-0.05, 0) is 25.0 Å². The molecular formula is C16H19N5O2. The van der Waals surface area contributed by atoms with Gasteiger partial charge >= 0.3 is 0 Å². The summed E-state index contributed by atoms with van der Waals surface area (Å²) >= 11 is 0. The van der Waals surface area contributed by atoms with E-state index in [4.69, 9.17) is 4.42 Å². The SMILES string of the molecule is O=C(Nc1cnc(N2CCN3CCC2CC3)nc1)c1ccco1. The van der Waals surface area contributed by atoms with Gasteiger partial charge in [0.2, 0.25) is 5.95 Å². The molecule has 2 bridgehead atoms. The van der Waals surface area contributed by atoms with E-state index >= 15 is 0 Å². The fraction of sp³-hybridized carbons (Fsp3) is 0.438. The largest absolute Gasteiger partial charge is 0.459 e. The fourth-order valence-corrected chi connectivity index (χ4v) is 3.28. The zero-order chi connectivity index (χ0) is 15.6. The first-order chi connectivity index (χ1) is 11.3. The van der Waals surface area contributed by atoms with Gasteiger partial charge in [-0.3, -0.25) is 4.79 Å². The van der Waals surface area contributed by atoms with Crippen molar-refractivity contribution in [3.8, 4) is 0 Å². The van der Waals surface area contributed by atoms with E-state index in [2.05, 4.69) is 25.1 Å². The maximum absolute atomic E-state index is 11.9. The van der Waals surface area contributed by atoms with Crippen molar-refractivity contribution in [2.45, 2.75) is 18.9 Å². The van der Waals surface area contributed by atoms with E-state index in [9.17, 15) is 4.79 Å². The van der Waals surface area contributed by atoms with Crippen molar-refractivity contribution in [1.82, 2.24) is 14.9 Å². The standard InChI is InChI=1S/C16H19N5O2/c22-15(14-2-1-9-23-14)19-12-10-17-16(18-11-12)21-8-7-20-5-3-13(21)4-6-20/h1-2,9-11,13H,3-8H2,(H,19,22). The Hall–Kier alpha value is -2.41. The number of hydrogen-bond acceptors (Lipinski definition) is 6. The lowest BCUT2D eigenvalue weighted by atomic mass is 10.1. The van der Waals surface area contributed by atoms with Gasteiger partial charge in [0.15, 0.2) is 5.76 Å². The highest BCUT2D eigenvalue weighted by Crippen LogP contribution is 2.24. The highest BCUT2D eigenvalue weighted by atomic mass is 16.3. The minimum Gasteiger partial charge on any atom is -0.459 e. The third-order valence-electron chi connectivity index (χ3n) is 4.55. The van der Waals surface area contributed by atoms with Gasteiger partial charge in [-0.1, -0.05) is 0 Å². The minimum absolute atomic E-state index is 0.271. The number of anilines is 2. The Morgan fingerprint density at radius 2 is 1.96 bits per heavy atom. The van der Waals surface area contributed by atoms with Crippen molar-refractivity contribution in [3.05, 3.63) is 36.5 Å². The van der Waals surface area contributed by atoms with E-state index in [-0.39, 0.29) is 11.7 Å².